The van der Waals surface area contributed by atoms with Gasteiger partial charge in [-0.15, -0.1) is 0 Å². The van der Waals surface area contributed by atoms with Crippen LogP contribution in [0, 0.1) is 0 Å². The van der Waals surface area contributed by atoms with E-state index in [4.69, 9.17) is 4.74 Å². The zero-order valence-corrected chi connectivity index (χ0v) is 10.8. The maximum absolute atomic E-state index is 11.9. The summed E-state index contributed by atoms with van der Waals surface area (Å²) in [6.45, 7) is 7.67. The molecule has 0 aromatic heterocycles. The molecular weight excluding hydrogens is 214 g/mol. The quantitative estimate of drug-likeness (QED) is 0.629. The molecule has 1 fully saturated rings. The van der Waals surface area contributed by atoms with Crippen LogP contribution >= 0.6 is 0 Å². The van der Waals surface area contributed by atoms with Crippen molar-refractivity contribution in [2.75, 3.05) is 0 Å². The highest BCUT2D eigenvalue weighted by molar-refractivity contribution is 5.82. The Balaban J connectivity index is 2.07. The summed E-state index contributed by atoms with van der Waals surface area (Å²) in [7, 11) is 0. The molecule has 1 heterocycles. The van der Waals surface area contributed by atoms with Gasteiger partial charge in [0.25, 0.3) is 0 Å². The van der Waals surface area contributed by atoms with Crippen molar-refractivity contribution < 1.29 is 9.53 Å². The van der Waals surface area contributed by atoms with E-state index in [1.54, 1.807) is 0 Å². The van der Waals surface area contributed by atoms with E-state index in [9.17, 15) is 4.79 Å². The Hall–Kier alpha value is -1.35. The molecule has 17 heavy (non-hydrogen) atoms. The van der Waals surface area contributed by atoms with E-state index >= 15 is 0 Å². The van der Waals surface area contributed by atoms with Gasteiger partial charge in [-0.05, 0) is 33.3 Å². The number of ether oxygens (including phenoxy) is 1. The Labute approximate surface area is 102 Å². The van der Waals surface area contributed by atoms with Crippen molar-refractivity contribution in [2.24, 2.45) is 0 Å². The van der Waals surface area contributed by atoms with Crippen LogP contribution in [0.15, 0.2) is 30.3 Å². The lowest BCUT2D eigenvalue weighted by Gasteiger charge is -2.19. The molecule has 0 aliphatic carbocycles. The van der Waals surface area contributed by atoms with Crippen LogP contribution in [0.5, 0.6) is 0 Å². The van der Waals surface area contributed by atoms with E-state index in [0.29, 0.717) is 0 Å². The van der Waals surface area contributed by atoms with Gasteiger partial charge in [-0.25, -0.2) is 0 Å². The van der Waals surface area contributed by atoms with Gasteiger partial charge >= 0.3 is 5.97 Å². The average Bonchev–Trinajstić information content (AvgIpc) is 2.92. The molecule has 0 bridgehead atoms. The molecule has 0 saturated carbocycles. The fraction of sp³-hybridized carbons (Fsp3) is 0.500. The molecule has 3 nitrogen and oxygen atoms in total. The predicted molar refractivity (Wildman–Crippen MR) is 66.6 cm³/mol. The molecular formula is C14H19NO2. The molecule has 92 valence electrons. The number of esters is 1. The third-order valence-electron chi connectivity index (χ3n) is 2.95. The number of carbonyl (C=O) groups is 1. The highest BCUT2D eigenvalue weighted by atomic mass is 16.6. The molecule has 2 atom stereocenters. The van der Waals surface area contributed by atoms with Crippen LogP contribution in [-0.4, -0.2) is 17.6 Å². The van der Waals surface area contributed by atoms with Crippen molar-refractivity contribution in [1.29, 1.82) is 0 Å². The average molecular weight is 233 g/mol. The van der Waals surface area contributed by atoms with Gasteiger partial charge in [-0.3, -0.25) is 10.1 Å². The summed E-state index contributed by atoms with van der Waals surface area (Å²) < 4.78 is 5.38. The highest BCUT2D eigenvalue weighted by Gasteiger charge is 2.56. The summed E-state index contributed by atoms with van der Waals surface area (Å²) in [4.78, 5) is 11.9. The molecule has 1 N–H and O–H groups in total. The van der Waals surface area contributed by atoms with Crippen molar-refractivity contribution in [3.8, 4) is 0 Å². The minimum absolute atomic E-state index is 0.177. The number of rotatable bonds is 2. The number of carbonyl (C=O) groups excluding carboxylic acids is 1. The summed E-state index contributed by atoms with van der Waals surface area (Å²) >= 11 is 0. The Morgan fingerprint density at radius 3 is 2.41 bits per heavy atom. The number of benzene rings is 1. The molecule has 0 spiro atoms. The van der Waals surface area contributed by atoms with E-state index in [1.165, 1.54) is 0 Å². The van der Waals surface area contributed by atoms with Crippen molar-refractivity contribution >= 4 is 5.97 Å². The molecule has 0 amide bonds. The van der Waals surface area contributed by atoms with Gasteiger partial charge in [0.2, 0.25) is 0 Å². The summed E-state index contributed by atoms with van der Waals surface area (Å²) in [5.74, 6) is -0.177. The molecule has 1 aliphatic heterocycles. The molecule has 3 heteroatoms. The monoisotopic (exact) mass is 233 g/mol. The Morgan fingerprint density at radius 2 is 1.88 bits per heavy atom. The standard InChI is InChI=1S/C14H19NO2/c1-13(2,3)17-12(16)11-14(4,15-11)10-8-6-5-7-9-10/h5-9,11,15H,1-4H3/t11-,14-/m1/s1. The first-order valence-electron chi connectivity index (χ1n) is 5.89. The van der Waals surface area contributed by atoms with Gasteiger partial charge in [-0.2, -0.15) is 0 Å². The number of hydrogen-bond acceptors (Lipinski definition) is 3. The molecule has 0 radical (unpaired) electrons. The molecule has 1 saturated heterocycles. The third-order valence-corrected chi connectivity index (χ3v) is 2.95. The zero-order valence-electron chi connectivity index (χ0n) is 10.8. The molecule has 1 aliphatic rings. The van der Waals surface area contributed by atoms with Crippen LogP contribution in [-0.2, 0) is 15.1 Å². The summed E-state index contributed by atoms with van der Waals surface area (Å²) in [6, 6.07) is 9.75. The van der Waals surface area contributed by atoms with Gasteiger partial charge in [0.15, 0.2) is 0 Å². The Bertz CT molecular complexity index is 422. The summed E-state index contributed by atoms with van der Waals surface area (Å²) in [6.07, 6.45) is 0. The number of nitrogens with one attached hydrogen (secondary N) is 1. The first-order chi connectivity index (χ1) is 7.83. The van der Waals surface area contributed by atoms with E-state index in [-0.39, 0.29) is 17.6 Å². The second-order valence-corrected chi connectivity index (χ2v) is 5.68. The molecule has 2 rings (SSSR count). The lowest BCUT2D eigenvalue weighted by atomic mass is 9.97. The molecule has 1 aromatic carbocycles. The van der Waals surface area contributed by atoms with Crippen LogP contribution in [0.4, 0.5) is 0 Å². The van der Waals surface area contributed by atoms with Crippen molar-refractivity contribution in [3.63, 3.8) is 0 Å². The maximum atomic E-state index is 11.9. The van der Waals surface area contributed by atoms with Crippen LogP contribution in [0.25, 0.3) is 0 Å². The van der Waals surface area contributed by atoms with E-state index < -0.39 is 5.60 Å². The zero-order chi connectivity index (χ0) is 12.7. The van der Waals surface area contributed by atoms with Gasteiger partial charge in [0.1, 0.15) is 11.6 Å². The van der Waals surface area contributed by atoms with Crippen LogP contribution in [0.3, 0.4) is 0 Å². The van der Waals surface area contributed by atoms with Crippen LogP contribution in [0.1, 0.15) is 33.3 Å². The lowest BCUT2D eigenvalue weighted by molar-refractivity contribution is -0.154. The normalized spacial score (nSPS) is 27.6. The van der Waals surface area contributed by atoms with Crippen LogP contribution < -0.4 is 5.32 Å². The van der Waals surface area contributed by atoms with Gasteiger partial charge < -0.3 is 4.74 Å². The summed E-state index contributed by atoms with van der Waals surface area (Å²) in [5, 5.41) is 3.21. The Morgan fingerprint density at radius 1 is 1.29 bits per heavy atom. The minimum Gasteiger partial charge on any atom is -0.459 e. The van der Waals surface area contributed by atoms with Gasteiger partial charge in [-0.1, -0.05) is 30.3 Å². The smallest absolute Gasteiger partial charge is 0.325 e. The number of hydrogen-bond donors (Lipinski definition) is 1. The maximum Gasteiger partial charge on any atom is 0.325 e. The van der Waals surface area contributed by atoms with E-state index in [1.807, 2.05) is 58.0 Å². The van der Waals surface area contributed by atoms with E-state index in [2.05, 4.69) is 5.32 Å². The summed E-state index contributed by atoms with van der Waals surface area (Å²) in [5.41, 5.74) is 0.415. The second-order valence-electron chi connectivity index (χ2n) is 5.68. The van der Waals surface area contributed by atoms with Gasteiger partial charge in [0.05, 0.1) is 5.54 Å². The fourth-order valence-electron chi connectivity index (χ4n) is 1.95. The second kappa shape index (κ2) is 3.84. The van der Waals surface area contributed by atoms with Gasteiger partial charge in [0, 0.05) is 0 Å². The first kappa shape index (κ1) is 12.1. The Kier molecular flexibility index (Phi) is 2.74. The third kappa shape index (κ3) is 2.50. The first-order valence-corrected chi connectivity index (χ1v) is 5.89. The minimum atomic E-state index is -0.432. The molecule has 1 aromatic rings. The fourth-order valence-corrected chi connectivity index (χ4v) is 1.95. The van der Waals surface area contributed by atoms with Crippen molar-refractivity contribution in [3.05, 3.63) is 35.9 Å². The van der Waals surface area contributed by atoms with Crippen molar-refractivity contribution in [2.45, 2.75) is 44.9 Å². The lowest BCUT2D eigenvalue weighted by Crippen LogP contribution is -2.29. The predicted octanol–water partition coefficient (Wildman–Crippen LogP) is 2.22. The molecule has 0 unspecified atom stereocenters. The highest BCUT2D eigenvalue weighted by Crippen LogP contribution is 2.38. The van der Waals surface area contributed by atoms with Crippen LogP contribution in [0.2, 0.25) is 0 Å². The largest absolute Gasteiger partial charge is 0.459 e. The van der Waals surface area contributed by atoms with Crippen molar-refractivity contribution in [1.82, 2.24) is 5.32 Å². The topological polar surface area (TPSA) is 48.2 Å². The van der Waals surface area contributed by atoms with E-state index in [0.717, 1.165) is 5.56 Å². The SMILES string of the molecule is CC(C)(C)OC(=O)[C@H]1N[C@]1(C)c1ccccc1.